The van der Waals surface area contributed by atoms with E-state index in [4.69, 9.17) is 16.3 Å². The van der Waals surface area contributed by atoms with E-state index in [-0.39, 0.29) is 18.5 Å². The lowest BCUT2D eigenvalue weighted by atomic mass is 10.0. The van der Waals surface area contributed by atoms with Crippen molar-refractivity contribution >= 4 is 39.8 Å². The molecule has 0 spiro atoms. The zero-order valence-electron chi connectivity index (χ0n) is 16.2. The number of hydrogen-bond donors (Lipinski definition) is 1. The molecule has 2 aromatic heterocycles. The maximum absolute atomic E-state index is 12.2. The summed E-state index contributed by atoms with van der Waals surface area (Å²) in [5.74, 6) is 0.505. The number of anilines is 1. The van der Waals surface area contributed by atoms with Gasteiger partial charge in [-0.1, -0.05) is 35.4 Å². The second-order valence-corrected chi connectivity index (χ2v) is 8.06. The van der Waals surface area contributed by atoms with Crippen molar-refractivity contribution in [1.82, 2.24) is 14.6 Å². The Morgan fingerprint density at radius 2 is 2.00 bits per heavy atom. The van der Waals surface area contributed by atoms with Crippen molar-refractivity contribution < 1.29 is 9.53 Å². The third kappa shape index (κ3) is 4.11. The van der Waals surface area contributed by atoms with E-state index in [1.165, 1.54) is 16.9 Å². The molecule has 0 fully saturated rings. The highest BCUT2D eigenvalue weighted by Crippen LogP contribution is 2.29. The lowest BCUT2D eigenvalue weighted by Crippen LogP contribution is -2.21. The van der Waals surface area contributed by atoms with E-state index in [1.807, 2.05) is 12.3 Å². The molecule has 8 heteroatoms. The lowest BCUT2D eigenvalue weighted by Gasteiger charge is -2.07. The van der Waals surface area contributed by atoms with Gasteiger partial charge in [-0.2, -0.15) is 4.98 Å². The summed E-state index contributed by atoms with van der Waals surface area (Å²) >= 11 is 7.48. The van der Waals surface area contributed by atoms with Gasteiger partial charge in [-0.05, 0) is 50.1 Å². The molecule has 2 aromatic carbocycles. The molecule has 0 aliphatic heterocycles. The van der Waals surface area contributed by atoms with Crippen molar-refractivity contribution in [2.75, 3.05) is 11.9 Å². The zero-order valence-corrected chi connectivity index (χ0v) is 17.8. The van der Waals surface area contributed by atoms with E-state index in [1.54, 1.807) is 22.7 Å². The van der Waals surface area contributed by atoms with Crippen molar-refractivity contribution in [2.24, 2.45) is 0 Å². The number of benzene rings is 2. The molecular weight excluding hydrogens is 408 g/mol. The number of aryl methyl sites for hydroxylation is 3. The minimum Gasteiger partial charge on any atom is -0.484 e. The van der Waals surface area contributed by atoms with Crippen LogP contribution in [0.4, 0.5) is 5.95 Å². The molecule has 4 aromatic rings. The van der Waals surface area contributed by atoms with Gasteiger partial charge in [-0.15, -0.1) is 16.4 Å². The van der Waals surface area contributed by atoms with Gasteiger partial charge in [0.15, 0.2) is 6.61 Å². The molecular formula is C21H19ClN4O2S. The first-order valence-electron chi connectivity index (χ1n) is 9.01. The third-order valence-corrected chi connectivity index (χ3v) is 5.73. The Hall–Kier alpha value is -2.90. The van der Waals surface area contributed by atoms with Gasteiger partial charge in [0.05, 0.1) is 5.69 Å². The number of aromatic nitrogens is 3. The average Bonchev–Trinajstić information content (AvgIpc) is 3.23. The van der Waals surface area contributed by atoms with Crippen LogP contribution in [-0.4, -0.2) is 27.1 Å². The molecule has 6 nitrogen and oxygen atoms in total. The summed E-state index contributed by atoms with van der Waals surface area (Å²) in [4.78, 5) is 17.3. The summed E-state index contributed by atoms with van der Waals surface area (Å²) in [6.07, 6.45) is 0. The molecule has 0 aliphatic rings. The topological polar surface area (TPSA) is 68.5 Å². The normalized spacial score (nSPS) is 11.0. The molecule has 148 valence electrons. The molecule has 0 radical (unpaired) electrons. The average molecular weight is 427 g/mol. The summed E-state index contributed by atoms with van der Waals surface area (Å²) in [7, 11) is 0. The minimum absolute atomic E-state index is 0.141. The monoisotopic (exact) mass is 426 g/mol. The van der Waals surface area contributed by atoms with Crippen LogP contribution in [0.3, 0.4) is 0 Å². The van der Waals surface area contributed by atoms with Gasteiger partial charge < -0.3 is 4.74 Å². The van der Waals surface area contributed by atoms with Crippen LogP contribution in [-0.2, 0) is 4.79 Å². The highest BCUT2D eigenvalue weighted by atomic mass is 35.5. The molecule has 0 aliphatic carbocycles. The second kappa shape index (κ2) is 7.85. The van der Waals surface area contributed by atoms with Crippen molar-refractivity contribution in [3.63, 3.8) is 0 Å². The number of thiazole rings is 1. The number of hydrogen-bond acceptors (Lipinski definition) is 5. The van der Waals surface area contributed by atoms with Crippen LogP contribution in [0.15, 0.2) is 41.8 Å². The molecule has 1 N–H and O–H groups in total. The molecule has 0 bridgehead atoms. The number of carbonyl (C=O) groups is 1. The molecule has 1 amide bonds. The summed E-state index contributed by atoms with van der Waals surface area (Å²) in [5, 5.41) is 9.81. The van der Waals surface area contributed by atoms with E-state index in [2.05, 4.69) is 47.4 Å². The zero-order chi connectivity index (χ0) is 20.5. The fourth-order valence-electron chi connectivity index (χ4n) is 3.04. The van der Waals surface area contributed by atoms with Crippen LogP contribution in [0.2, 0.25) is 5.02 Å². The molecule has 29 heavy (non-hydrogen) atoms. The van der Waals surface area contributed by atoms with E-state index < -0.39 is 0 Å². The quantitative estimate of drug-likeness (QED) is 0.484. The summed E-state index contributed by atoms with van der Waals surface area (Å²) < 4.78 is 7.27. The van der Waals surface area contributed by atoms with Gasteiger partial charge in [0.25, 0.3) is 11.9 Å². The van der Waals surface area contributed by atoms with Crippen LogP contribution < -0.4 is 10.1 Å². The van der Waals surface area contributed by atoms with Crippen LogP contribution in [0, 0.1) is 20.8 Å². The number of nitrogens with one attached hydrogen (secondary N) is 1. The van der Waals surface area contributed by atoms with Gasteiger partial charge in [-0.25, -0.2) is 4.52 Å². The number of ether oxygens (including phenoxy) is 1. The smallest absolute Gasteiger partial charge is 0.264 e. The van der Waals surface area contributed by atoms with Crippen molar-refractivity contribution in [1.29, 1.82) is 0 Å². The van der Waals surface area contributed by atoms with Gasteiger partial charge in [0.2, 0.25) is 4.96 Å². The number of fused-ring (bicyclic) bond motifs is 1. The number of halogens is 1. The fraction of sp³-hybridized carbons (Fsp3) is 0.190. The van der Waals surface area contributed by atoms with Crippen LogP contribution in [0.5, 0.6) is 5.75 Å². The predicted octanol–water partition coefficient (Wildman–Crippen LogP) is 5.05. The van der Waals surface area contributed by atoms with Crippen LogP contribution >= 0.6 is 22.9 Å². The second-order valence-electron chi connectivity index (χ2n) is 6.82. The summed E-state index contributed by atoms with van der Waals surface area (Å²) in [5.41, 5.74) is 5.30. The predicted molar refractivity (Wildman–Crippen MR) is 116 cm³/mol. The molecule has 0 unspecified atom stereocenters. The maximum Gasteiger partial charge on any atom is 0.264 e. The van der Waals surface area contributed by atoms with Crippen LogP contribution in [0.1, 0.15) is 16.7 Å². The summed E-state index contributed by atoms with van der Waals surface area (Å²) in [6.45, 7) is 5.87. The Balaban J connectivity index is 1.48. The molecule has 4 rings (SSSR count). The van der Waals surface area contributed by atoms with E-state index in [9.17, 15) is 4.79 Å². The van der Waals surface area contributed by atoms with E-state index in [0.717, 1.165) is 22.4 Å². The standard InChI is InChI=1S/C21H19ClN4O2S/c1-12-4-6-16(13(2)8-12)18-11-29-21-24-20(25-26(18)21)23-19(27)10-28-15-5-7-17(22)14(3)9-15/h4-9,11H,10H2,1-3H3,(H,23,25,27). The van der Waals surface area contributed by atoms with E-state index >= 15 is 0 Å². The Labute approximate surface area is 177 Å². The third-order valence-electron chi connectivity index (χ3n) is 4.49. The lowest BCUT2D eigenvalue weighted by molar-refractivity contribution is -0.118. The number of carbonyl (C=O) groups excluding carboxylic acids is 1. The van der Waals surface area contributed by atoms with Crippen molar-refractivity contribution in [2.45, 2.75) is 20.8 Å². The molecule has 0 atom stereocenters. The Bertz CT molecular complexity index is 1210. The van der Waals surface area contributed by atoms with Crippen LogP contribution in [0.25, 0.3) is 16.2 Å². The maximum atomic E-state index is 12.2. The molecule has 0 saturated heterocycles. The minimum atomic E-state index is -0.330. The van der Waals surface area contributed by atoms with Gasteiger partial charge in [0.1, 0.15) is 5.75 Å². The highest BCUT2D eigenvalue weighted by Gasteiger charge is 2.15. The van der Waals surface area contributed by atoms with Crippen molar-refractivity contribution in [3.8, 4) is 17.0 Å². The first-order chi connectivity index (χ1) is 13.9. The Kier molecular flexibility index (Phi) is 5.25. The van der Waals surface area contributed by atoms with Crippen molar-refractivity contribution in [3.05, 3.63) is 63.5 Å². The first-order valence-corrected chi connectivity index (χ1v) is 10.3. The Morgan fingerprint density at radius 3 is 2.76 bits per heavy atom. The number of amides is 1. The number of nitrogens with zero attached hydrogens (tertiary/aromatic N) is 3. The highest BCUT2D eigenvalue weighted by molar-refractivity contribution is 7.15. The molecule has 0 saturated carbocycles. The number of rotatable bonds is 5. The SMILES string of the molecule is Cc1ccc(-c2csc3nc(NC(=O)COc4ccc(Cl)c(C)c4)nn23)c(C)c1. The van der Waals surface area contributed by atoms with Gasteiger partial charge in [-0.3, -0.25) is 10.1 Å². The summed E-state index contributed by atoms with van der Waals surface area (Å²) in [6, 6.07) is 11.5. The largest absolute Gasteiger partial charge is 0.484 e. The first kappa shape index (κ1) is 19.4. The fourth-order valence-corrected chi connectivity index (χ4v) is 3.98. The van der Waals surface area contributed by atoms with Gasteiger partial charge >= 0.3 is 0 Å². The molecule has 2 heterocycles. The van der Waals surface area contributed by atoms with Gasteiger partial charge in [0, 0.05) is 16.0 Å². The van der Waals surface area contributed by atoms with E-state index in [0.29, 0.717) is 15.7 Å². The Morgan fingerprint density at radius 1 is 1.17 bits per heavy atom.